The molecule has 25 heavy (non-hydrogen) atoms. The van der Waals surface area contributed by atoms with Gasteiger partial charge in [-0.3, -0.25) is 4.90 Å². The van der Waals surface area contributed by atoms with E-state index in [4.69, 9.17) is 4.74 Å². The number of carbonyl (C=O) groups excluding carboxylic acids is 1. The first kappa shape index (κ1) is 19.4. The van der Waals surface area contributed by atoms with E-state index in [1.807, 2.05) is 0 Å². The highest BCUT2D eigenvalue weighted by Crippen LogP contribution is 2.43. The van der Waals surface area contributed by atoms with Gasteiger partial charge in [-0.15, -0.1) is 0 Å². The zero-order chi connectivity index (χ0) is 19.0. The summed E-state index contributed by atoms with van der Waals surface area (Å²) in [6.07, 6.45) is 3.56. The van der Waals surface area contributed by atoms with Crippen LogP contribution in [0.3, 0.4) is 0 Å². The fraction of sp³-hybridized carbons (Fsp3) is 0.667. The molecule has 5 nitrogen and oxygen atoms in total. The standard InChI is InChI=1S/C18H25F2NO4/c1-16(2,3)25-15(24)21-11-5-6-13(17(21,4)14(22)23)12-7-9-18(19,20)10-8-12/h5,7,11,13H,6,8-10H2,1-4H3,(H,22,23). The Kier molecular flexibility index (Phi) is 4.99. The largest absolute Gasteiger partial charge is 0.479 e. The predicted octanol–water partition coefficient (Wildman–Crippen LogP) is 4.35. The number of aliphatic carboxylic acids is 1. The van der Waals surface area contributed by atoms with E-state index in [0.29, 0.717) is 12.0 Å². The van der Waals surface area contributed by atoms with Crippen LogP contribution in [0.15, 0.2) is 23.9 Å². The second kappa shape index (κ2) is 6.42. The van der Waals surface area contributed by atoms with Gasteiger partial charge in [-0.1, -0.05) is 17.7 Å². The van der Waals surface area contributed by atoms with Crippen molar-refractivity contribution in [3.05, 3.63) is 23.9 Å². The van der Waals surface area contributed by atoms with Crippen LogP contribution < -0.4 is 0 Å². The average Bonchev–Trinajstić information content (AvgIpc) is 2.46. The van der Waals surface area contributed by atoms with Crippen molar-refractivity contribution in [2.45, 2.75) is 70.4 Å². The van der Waals surface area contributed by atoms with Gasteiger partial charge in [0.05, 0.1) is 0 Å². The second-order valence-corrected chi connectivity index (χ2v) is 7.82. The molecule has 0 radical (unpaired) electrons. The van der Waals surface area contributed by atoms with Gasteiger partial charge in [-0.2, -0.15) is 0 Å². The van der Waals surface area contributed by atoms with Crippen molar-refractivity contribution in [3.8, 4) is 0 Å². The van der Waals surface area contributed by atoms with Crippen molar-refractivity contribution in [1.29, 1.82) is 0 Å². The molecule has 2 aliphatic rings. The van der Waals surface area contributed by atoms with Crippen LogP contribution in [0.25, 0.3) is 0 Å². The fourth-order valence-corrected chi connectivity index (χ4v) is 3.31. The van der Waals surface area contributed by atoms with Gasteiger partial charge in [0.1, 0.15) is 5.60 Å². The predicted molar refractivity (Wildman–Crippen MR) is 88.2 cm³/mol. The van der Waals surface area contributed by atoms with Crippen LogP contribution in [0, 0.1) is 5.92 Å². The first-order valence-corrected chi connectivity index (χ1v) is 8.36. The molecular formula is C18H25F2NO4. The summed E-state index contributed by atoms with van der Waals surface area (Å²) in [7, 11) is 0. The molecule has 0 aromatic heterocycles. The second-order valence-electron chi connectivity index (χ2n) is 7.82. The van der Waals surface area contributed by atoms with E-state index in [1.54, 1.807) is 26.8 Å². The maximum absolute atomic E-state index is 13.4. The van der Waals surface area contributed by atoms with Crippen molar-refractivity contribution in [2.75, 3.05) is 0 Å². The third-order valence-electron chi connectivity index (χ3n) is 4.72. The molecular weight excluding hydrogens is 332 g/mol. The SMILES string of the molecule is CC(C)(C)OC(=O)N1C=CCC(C2=CCC(F)(F)CC2)C1(C)C(=O)O. The minimum absolute atomic E-state index is 0.122. The molecule has 0 aromatic rings. The molecule has 0 fully saturated rings. The number of amides is 1. The normalized spacial score (nSPS) is 29.1. The first-order chi connectivity index (χ1) is 11.4. The van der Waals surface area contributed by atoms with E-state index in [2.05, 4.69) is 0 Å². The summed E-state index contributed by atoms with van der Waals surface area (Å²) < 4.78 is 32.2. The molecule has 1 heterocycles. The molecule has 2 rings (SSSR count). The third-order valence-corrected chi connectivity index (χ3v) is 4.72. The van der Waals surface area contributed by atoms with Crippen LogP contribution in [-0.4, -0.2) is 39.1 Å². The van der Waals surface area contributed by atoms with E-state index in [9.17, 15) is 23.5 Å². The quantitative estimate of drug-likeness (QED) is 0.746. The highest BCUT2D eigenvalue weighted by Gasteiger charge is 2.52. The molecule has 1 amide bonds. The summed E-state index contributed by atoms with van der Waals surface area (Å²) in [4.78, 5) is 25.7. The van der Waals surface area contributed by atoms with Gasteiger partial charge < -0.3 is 9.84 Å². The molecule has 7 heteroatoms. The maximum atomic E-state index is 13.4. The lowest BCUT2D eigenvalue weighted by Gasteiger charge is -2.45. The van der Waals surface area contributed by atoms with Gasteiger partial charge in [0.15, 0.2) is 5.54 Å². The van der Waals surface area contributed by atoms with Crippen molar-refractivity contribution >= 4 is 12.1 Å². The Morgan fingerprint density at radius 1 is 1.36 bits per heavy atom. The molecule has 1 aliphatic carbocycles. The van der Waals surface area contributed by atoms with Crippen LogP contribution >= 0.6 is 0 Å². The number of carboxylic acid groups (broad SMARTS) is 1. The minimum atomic E-state index is -2.75. The molecule has 2 atom stereocenters. The summed E-state index contributed by atoms with van der Waals surface area (Å²) in [6, 6.07) is 0. The van der Waals surface area contributed by atoms with Gasteiger partial charge in [-0.25, -0.2) is 18.4 Å². The molecule has 0 aromatic carbocycles. The summed E-state index contributed by atoms with van der Waals surface area (Å²) >= 11 is 0. The van der Waals surface area contributed by atoms with E-state index >= 15 is 0 Å². The van der Waals surface area contributed by atoms with Crippen LogP contribution in [0.1, 0.15) is 53.4 Å². The first-order valence-electron chi connectivity index (χ1n) is 8.36. The fourth-order valence-electron chi connectivity index (χ4n) is 3.31. The van der Waals surface area contributed by atoms with Crippen molar-refractivity contribution in [1.82, 2.24) is 4.90 Å². The lowest BCUT2D eigenvalue weighted by Crippen LogP contribution is -2.60. The summed E-state index contributed by atoms with van der Waals surface area (Å²) in [6.45, 7) is 6.53. The molecule has 2 unspecified atom stereocenters. The van der Waals surface area contributed by atoms with Gasteiger partial charge in [0.2, 0.25) is 0 Å². The van der Waals surface area contributed by atoms with Crippen LogP contribution in [0.5, 0.6) is 0 Å². The maximum Gasteiger partial charge on any atom is 0.415 e. The number of rotatable bonds is 2. The van der Waals surface area contributed by atoms with Gasteiger partial charge in [-0.05, 0) is 40.5 Å². The van der Waals surface area contributed by atoms with Crippen LogP contribution in [0.2, 0.25) is 0 Å². The monoisotopic (exact) mass is 357 g/mol. The number of ether oxygens (including phenoxy) is 1. The molecule has 0 bridgehead atoms. The van der Waals surface area contributed by atoms with Crippen LogP contribution in [-0.2, 0) is 9.53 Å². The average molecular weight is 357 g/mol. The Balaban J connectivity index is 2.36. The third kappa shape index (κ3) is 4.02. The molecule has 140 valence electrons. The zero-order valence-electron chi connectivity index (χ0n) is 15.0. The topological polar surface area (TPSA) is 66.8 Å². The highest BCUT2D eigenvalue weighted by atomic mass is 19.3. The molecule has 0 saturated carbocycles. The van der Waals surface area contributed by atoms with Crippen molar-refractivity contribution in [3.63, 3.8) is 0 Å². The van der Waals surface area contributed by atoms with E-state index < -0.39 is 41.5 Å². The van der Waals surface area contributed by atoms with Crippen molar-refractivity contribution in [2.24, 2.45) is 5.92 Å². The molecule has 0 saturated heterocycles. The molecule has 0 spiro atoms. The summed E-state index contributed by atoms with van der Waals surface area (Å²) in [5.41, 5.74) is -1.70. The number of hydrogen-bond acceptors (Lipinski definition) is 3. The number of carboxylic acids is 1. The van der Waals surface area contributed by atoms with Gasteiger partial charge in [0, 0.05) is 25.0 Å². The van der Waals surface area contributed by atoms with Gasteiger partial charge in [0.25, 0.3) is 5.92 Å². The number of allylic oxidation sites excluding steroid dienone is 2. The smallest absolute Gasteiger partial charge is 0.415 e. The minimum Gasteiger partial charge on any atom is -0.479 e. The Bertz CT molecular complexity index is 621. The Hall–Kier alpha value is -1.92. The Morgan fingerprint density at radius 2 is 2.00 bits per heavy atom. The molecule has 1 aliphatic heterocycles. The Morgan fingerprint density at radius 3 is 2.48 bits per heavy atom. The van der Waals surface area contributed by atoms with E-state index in [-0.39, 0.29) is 12.8 Å². The number of hydrogen-bond donors (Lipinski definition) is 1. The highest BCUT2D eigenvalue weighted by molar-refractivity contribution is 5.86. The van der Waals surface area contributed by atoms with Crippen molar-refractivity contribution < 1.29 is 28.2 Å². The summed E-state index contributed by atoms with van der Waals surface area (Å²) in [5, 5.41) is 9.86. The number of carbonyl (C=O) groups is 2. The number of nitrogens with zero attached hydrogens (tertiary/aromatic N) is 1. The zero-order valence-corrected chi connectivity index (χ0v) is 15.0. The van der Waals surface area contributed by atoms with E-state index in [0.717, 1.165) is 4.90 Å². The lowest BCUT2D eigenvalue weighted by molar-refractivity contribution is -0.151. The number of halogens is 2. The van der Waals surface area contributed by atoms with E-state index in [1.165, 1.54) is 19.2 Å². The number of alkyl halides is 2. The Labute approximate surface area is 146 Å². The summed E-state index contributed by atoms with van der Waals surface area (Å²) in [5.74, 6) is -4.51. The van der Waals surface area contributed by atoms with Gasteiger partial charge >= 0.3 is 12.1 Å². The molecule has 1 N–H and O–H groups in total. The lowest BCUT2D eigenvalue weighted by atomic mass is 9.72. The van der Waals surface area contributed by atoms with Crippen LogP contribution in [0.4, 0.5) is 13.6 Å².